The van der Waals surface area contributed by atoms with Crippen LogP contribution in [0, 0.1) is 0 Å². The molecule has 1 fully saturated rings. The van der Waals surface area contributed by atoms with Crippen molar-refractivity contribution in [2.45, 2.75) is 31.8 Å². The fourth-order valence-corrected chi connectivity index (χ4v) is 1.42. The first-order chi connectivity index (χ1) is 5.62. The van der Waals surface area contributed by atoms with Crippen molar-refractivity contribution in [3.8, 4) is 0 Å². The van der Waals surface area contributed by atoms with Crippen LogP contribution in [0.4, 0.5) is 8.78 Å². The molecule has 4 heteroatoms. The summed E-state index contributed by atoms with van der Waals surface area (Å²) in [7, 11) is 0. The molecule has 1 rings (SSSR count). The third-order valence-corrected chi connectivity index (χ3v) is 2.10. The van der Waals surface area contributed by atoms with E-state index in [2.05, 4.69) is 5.32 Å². The van der Waals surface area contributed by atoms with Crippen LogP contribution in [0.3, 0.4) is 0 Å². The minimum absolute atomic E-state index is 0.213. The van der Waals surface area contributed by atoms with Crippen LogP contribution in [-0.4, -0.2) is 31.7 Å². The Hall–Kier alpha value is -0.220. The fourth-order valence-electron chi connectivity index (χ4n) is 1.42. The number of rotatable bonds is 4. The molecule has 0 aliphatic carbocycles. The molecule has 0 saturated carbocycles. The van der Waals surface area contributed by atoms with E-state index in [4.69, 9.17) is 4.74 Å². The van der Waals surface area contributed by atoms with Crippen LogP contribution in [0.15, 0.2) is 0 Å². The molecule has 1 saturated heterocycles. The maximum Gasteiger partial charge on any atom is 0.250 e. The van der Waals surface area contributed by atoms with Gasteiger partial charge >= 0.3 is 0 Å². The Balaban J connectivity index is 2.13. The van der Waals surface area contributed by atoms with Crippen LogP contribution < -0.4 is 5.32 Å². The highest BCUT2D eigenvalue weighted by atomic mass is 19.3. The second kappa shape index (κ2) is 4.14. The molecule has 0 radical (unpaired) electrons. The highest BCUT2D eigenvalue weighted by molar-refractivity contribution is 4.82. The second-order valence-electron chi connectivity index (χ2n) is 3.42. The molecule has 0 aromatic rings. The van der Waals surface area contributed by atoms with Crippen molar-refractivity contribution in [2.24, 2.45) is 0 Å². The predicted molar refractivity (Wildman–Crippen MR) is 42.5 cm³/mol. The maximum atomic E-state index is 11.7. The summed E-state index contributed by atoms with van der Waals surface area (Å²) < 4.78 is 28.9. The molecule has 0 aromatic heterocycles. The summed E-state index contributed by atoms with van der Waals surface area (Å²) in [5, 5.41) is 2.69. The zero-order chi connectivity index (χ0) is 9.03. The number of alkyl halides is 2. The number of hydrogen-bond donors (Lipinski definition) is 1. The van der Waals surface area contributed by atoms with Crippen molar-refractivity contribution in [3.63, 3.8) is 0 Å². The zero-order valence-electron chi connectivity index (χ0n) is 7.28. The molecule has 0 bridgehead atoms. The van der Waals surface area contributed by atoms with E-state index in [-0.39, 0.29) is 12.1 Å². The molecule has 0 amide bonds. The molecule has 1 unspecified atom stereocenters. The van der Waals surface area contributed by atoms with Crippen molar-refractivity contribution in [2.75, 3.05) is 19.7 Å². The average Bonchev–Trinajstić information content (AvgIpc) is 2.35. The van der Waals surface area contributed by atoms with Gasteiger partial charge in [0.1, 0.15) is 0 Å². The van der Waals surface area contributed by atoms with E-state index in [1.165, 1.54) is 0 Å². The lowest BCUT2D eigenvalue weighted by Gasteiger charge is -2.23. The van der Waals surface area contributed by atoms with Crippen molar-refractivity contribution in [3.05, 3.63) is 0 Å². The minimum atomic E-state index is -2.27. The van der Waals surface area contributed by atoms with Gasteiger partial charge in [-0.05, 0) is 19.8 Å². The van der Waals surface area contributed by atoms with E-state index in [1.807, 2.05) is 6.92 Å². The van der Waals surface area contributed by atoms with E-state index in [9.17, 15) is 8.78 Å². The SMILES string of the molecule is CC1(CNCC(F)F)CCCO1. The number of hydrogen-bond acceptors (Lipinski definition) is 2. The molecule has 0 spiro atoms. The molecule has 1 aliphatic rings. The zero-order valence-corrected chi connectivity index (χ0v) is 7.28. The van der Waals surface area contributed by atoms with Gasteiger partial charge in [0.2, 0.25) is 0 Å². The quantitative estimate of drug-likeness (QED) is 0.704. The molecule has 1 N–H and O–H groups in total. The lowest BCUT2D eigenvalue weighted by molar-refractivity contribution is 0.0175. The largest absolute Gasteiger partial charge is 0.374 e. The summed E-state index contributed by atoms with van der Waals surface area (Å²) in [6.07, 6.45) is -0.272. The molecule has 1 aliphatic heterocycles. The lowest BCUT2D eigenvalue weighted by atomic mass is 10.0. The molecular formula is C8H15F2NO. The van der Waals surface area contributed by atoms with Crippen LogP contribution in [0.25, 0.3) is 0 Å². The first-order valence-corrected chi connectivity index (χ1v) is 4.25. The summed E-state index contributed by atoms with van der Waals surface area (Å²) in [4.78, 5) is 0. The average molecular weight is 179 g/mol. The van der Waals surface area contributed by atoms with Gasteiger partial charge in [-0.15, -0.1) is 0 Å². The Kier molecular flexibility index (Phi) is 3.40. The smallest absolute Gasteiger partial charge is 0.250 e. The third-order valence-electron chi connectivity index (χ3n) is 2.10. The van der Waals surface area contributed by atoms with Crippen LogP contribution in [0.2, 0.25) is 0 Å². The van der Waals surface area contributed by atoms with Gasteiger partial charge in [0.25, 0.3) is 6.43 Å². The Morgan fingerprint density at radius 3 is 2.83 bits per heavy atom. The summed E-state index contributed by atoms with van der Waals surface area (Å²) >= 11 is 0. The van der Waals surface area contributed by atoms with Crippen molar-refractivity contribution in [1.82, 2.24) is 5.32 Å². The predicted octanol–water partition coefficient (Wildman–Crippen LogP) is 1.41. The van der Waals surface area contributed by atoms with E-state index in [1.54, 1.807) is 0 Å². The Morgan fingerprint density at radius 2 is 2.33 bits per heavy atom. The number of nitrogens with one attached hydrogen (secondary N) is 1. The van der Waals surface area contributed by atoms with Crippen LogP contribution in [0.5, 0.6) is 0 Å². The van der Waals surface area contributed by atoms with E-state index < -0.39 is 6.43 Å². The summed E-state index contributed by atoms with van der Waals surface area (Å²) in [5.74, 6) is 0. The molecule has 2 nitrogen and oxygen atoms in total. The number of halogens is 2. The van der Waals surface area contributed by atoms with Crippen LogP contribution in [-0.2, 0) is 4.74 Å². The Morgan fingerprint density at radius 1 is 1.58 bits per heavy atom. The van der Waals surface area contributed by atoms with E-state index in [0.29, 0.717) is 6.54 Å². The normalized spacial score (nSPS) is 30.0. The van der Waals surface area contributed by atoms with Crippen molar-refractivity contribution in [1.29, 1.82) is 0 Å². The molecular weight excluding hydrogens is 164 g/mol. The van der Waals surface area contributed by atoms with Gasteiger partial charge in [-0.3, -0.25) is 0 Å². The topological polar surface area (TPSA) is 21.3 Å². The molecule has 12 heavy (non-hydrogen) atoms. The van der Waals surface area contributed by atoms with Crippen LogP contribution >= 0.6 is 0 Å². The first-order valence-electron chi connectivity index (χ1n) is 4.25. The standard InChI is InChI=1S/C8H15F2NO/c1-8(3-2-4-12-8)6-11-5-7(9)10/h7,11H,2-6H2,1H3. The summed E-state index contributed by atoms with van der Waals surface area (Å²) in [6, 6.07) is 0. The van der Waals surface area contributed by atoms with E-state index in [0.717, 1.165) is 19.4 Å². The molecule has 0 aromatic carbocycles. The highest BCUT2D eigenvalue weighted by Crippen LogP contribution is 2.23. The van der Waals surface area contributed by atoms with Crippen molar-refractivity contribution >= 4 is 0 Å². The molecule has 1 atom stereocenters. The van der Waals surface area contributed by atoms with Gasteiger partial charge in [-0.1, -0.05) is 0 Å². The minimum Gasteiger partial charge on any atom is -0.374 e. The van der Waals surface area contributed by atoms with Crippen molar-refractivity contribution < 1.29 is 13.5 Å². The van der Waals surface area contributed by atoms with Gasteiger partial charge in [0, 0.05) is 13.2 Å². The number of ether oxygens (including phenoxy) is 1. The highest BCUT2D eigenvalue weighted by Gasteiger charge is 2.29. The maximum absolute atomic E-state index is 11.7. The lowest BCUT2D eigenvalue weighted by Crippen LogP contribution is -2.38. The van der Waals surface area contributed by atoms with Gasteiger partial charge in [0.05, 0.1) is 12.1 Å². The van der Waals surface area contributed by atoms with Gasteiger partial charge < -0.3 is 10.1 Å². The van der Waals surface area contributed by atoms with Gasteiger partial charge in [-0.25, -0.2) is 8.78 Å². The first kappa shape index (κ1) is 9.86. The monoisotopic (exact) mass is 179 g/mol. The Bertz CT molecular complexity index is 135. The third kappa shape index (κ3) is 3.03. The van der Waals surface area contributed by atoms with E-state index >= 15 is 0 Å². The molecule has 1 heterocycles. The fraction of sp³-hybridized carbons (Fsp3) is 1.00. The van der Waals surface area contributed by atoms with Gasteiger partial charge in [0.15, 0.2) is 0 Å². The summed E-state index contributed by atoms with van der Waals surface area (Å²) in [6.45, 7) is 3.00. The van der Waals surface area contributed by atoms with Crippen LogP contribution in [0.1, 0.15) is 19.8 Å². The summed E-state index contributed by atoms with van der Waals surface area (Å²) in [5.41, 5.74) is -0.213. The van der Waals surface area contributed by atoms with Gasteiger partial charge in [-0.2, -0.15) is 0 Å². The molecule has 72 valence electrons. The Labute approximate surface area is 71.3 Å². The second-order valence-corrected chi connectivity index (χ2v) is 3.42.